The second-order valence-corrected chi connectivity index (χ2v) is 6.77. The minimum absolute atomic E-state index is 0.0971. The first-order valence-corrected chi connectivity index (χ1v) is 9.40. The Morgan fingerprint density at radius 2 is 1.96 bits per heavy atom. The third-order valence-electron chi connectivity index (χ3n) is 3.67. The fourth-order valence-electron chi connectivity index (χ4n) is 2.42. The molecule has 4 N–H and O–H groups in total. The van der Waals surface area contributed by atoms with Gasteiger partial charge in [0.05, 0.1) is 5.69 Å². The molecule has 0 unspecified atom stereocenters. The highest BCUT2D eigenvalue weighted by Gasteiger charge is 2.12. The molecule has 0 atom stereocenters. The minimum atomic E-state index is -0.487. The van der Waals surface area contributed by atoms with Crippen LogP contribution in [0.3, 0.4) is 0 Å². The fraction of sp³-hybridized carbons (Fsp3) is 0.389. The number of carbonyl (C=O) groups excluding carboxylic acids is 2. The molecule has 140 valence electrons. The molecular weight excluding hydrogens is 355 g/mol. The number of unbranched alkanes of at least 4 members (excludes halogenated alkanes) is 3. The van der Waals surface area contributed by atoms with Crippen molar-refractivity contribution in [2.45, 2.75) is 39.0 Å². The average molecular weight is 378 g/mol. The van der Waals surface area contributed by atoms with Crippen molar-refractivity contribution in [1.29, 1.82) is 0 Å². The summed E-state index contributed by atoms with van der Waals surface area (Å²) in [5, 5.41) is 7.40. The Labute approximate surface area is 156 Å². The molecule has 0 radical (unpaired) electrons. The van der Waals surface area contributed by atoms with Gasteiger partial charge in [0.25, 0.3) is 0 Å². The molecule has 0 aliphatic carbocycles. The smallest absolute Gasteiger partial charge is 0.226 e. The summed E-state index contributed by atoms with van der Waals surface area (Å²) in [6.45, 7) is 2.04. The largest absolute Gasteiger partial charge is 0.330 e. The number of aromatic nitrogens is 1. The number of thiazole rings is 1. The van der Waals surface area contributed by atoms with Crippen LogP contribution in [0.2, 0.25) is 0 Å². The van der Waals surface area contributed by atoms with Gasteiger partial charge in [-0.2, -0.15) is 0 Å². The number of nitrogens with two attached hydrogens (primary N) is 1. The summed E-state index contributed by atoms with van der Waals surface area (Å²) in [6.07, 6.45) is 4.21. The molecule has 26 heavy (non-hydrogen) atoms. The van der Waals surface area contributed by atoms with E-state index in [0.29, 0.717) is 35.0 Å². The van der Waals surface area contributed by atoms with Crippen molar-refractivity contribution < 1.29 is 14.0 Å². The van der Waals surface area contributed by atoms with Crippen molar-refractivity contribution in [2.24, 2.45) is 5.73 Å². The van der Waals surface area contributed by atoms with E-state index in [0.717, 1.165) is 25.7 Å². The first-order chi connectivity index (χ1) is 12.5. The van der Waals surface area contributed by atoms with E-state index in [1.54, 1.807) is 17.5 Å². The summed E-state index contributed by atoms with van der Waals surface area (Å²) in [5.41, 5.74) is 6.58. The number of hydrogen-bond donors (Lipinski definition) is 3. The van der Waals surface area contributed by atoms with Crippen LogP contribution < -0.4 is 16.4 Å². The highest BCUT2D eigenvalue weighted by Crippen LogP contribution is 2.28. The van der Waals surface area contributed by atoms with Gasteiger partial charge in [-0.25, -0.2) is 9.37 Å². The molecule has 0 aliphatic heterocycles. The van der Waals surface area contributed by atoms with Gasteiger partial charge in [-0.1, -0.05) is 12.8 Å². The van der Waals surface area contributed by atoms with Gasteiger partial charge in [0.1, 0.15) is 5.82 Å². The Morgan fingerprint density at radius 3 is 2.65 bits per heavy atom. The zero-order valence-electron chi connectivity index (χ0n) is 14.7. The number of carbonyl (C=O) groups is 2. The second-order valence-electron chi connectivity index (χ2n) is 5.91. The monoisotopic (exact) mass is 378 g/mol. The SMILES string of the molecule is CC(=O)Nc1ccc(-c2csc(NC(=O)CCCCCCN)n2)c(F)c1. The van der Waals surface area contributed by atoms with Crippen molar-refractivity contribution in [3.8, 4) is 11.3 Å². The number of rotatable bonds is 9. The minimum Gasteiger partial charge on any atom is -0.330 e. The lowest BCUT2D eigenvalue weighted by Gasteiger charge is -2.05. The molecule has 8 heteroatoms. The highest BCUT2D eigenvalue weighted by molar-refractivity contribution is 7.14. The Bertz CT molecular complexity index is 763. The van der Waals surface area contributed by atoms with Crippen molar-refractivity contribution in [2.75, 3.05) is 17.2 Å². The van der Waals surface area contributed by atoms with Crippen LogP contribution in [0, 0.1) is 5.82 Å². The lowest BCUT2D eigenvalue weighted by atomic mass is 10.1. The number of hydrogen-bond acceptors (Lipinski definition) is 5. The molecule has 0 saturated heterocycles. The lowest BCUT2D eigenvalue weighted by Crippen LogP contribution is -2.11. The summed E-state index contributed by atoms with van der Waals surface area (Å²) in [5.74, 6) is -0.849. The molecular formula is C18H23FN4O2S. The Hall–Kier alpha value is -2.32. The fourth-order valence-corrected chi connectivity index (χ4v) is 3.15. The molecule has 0 aliphatic rings. The number of anilines is 2. The first kappa shape index (κ1) is 20.0. The molecule has 2 aromatic rings. The van der Waals surface area contributed by atoms with E-state index in [2.05, 4.69) is 15.6 Å². The maximum Gasteiger partial charge on any atom is 0.226 e. The molecule has 0 spiro atoms. The molecule has 0 bridgehead atoms. The van der Waals surface area contributed by atoms with Crippen LogP contribution in [-0.2, 0) is 9.59 Å². The summed E-state index contributed by atoms with van der Waals surface area (Å²) in [7, 11) is 0. The van der Waals surface area contributed by atoms with Crippen molar-refractivity contribution in [3.05, 3.63) is 29.4 Å². The number of amides is 2. The lowest BCUT2D eigenvalue weighted by molar-refractivity contribution is -0.116. The van der Waals surface area contributed by atoms with Gasteiger partial charge in [0.15, 0.2) is 5.13 Å². The van der Waals surface area contributed by atoms with Crippen LogP contribution in [0.15, 0.2) is 23.6 Å². The maximum absolute atomic E-state index is 14.2. The van der Waals surface area contributed by atoms with Crippen molar-refractivity contribution in [1.82, 2.24) is 4.98 Å². The third kappa shape index (κ3) is 6.20. The van der Waals surface area contributed by atoms with Gasteiger partial charge in [-0.15, -0.1) is 11.3 Å². The van der Waals surface area contributed by atoms with Crippen LogP contribution in [0.4, 0.5) is 15.2 Å². The highest BCUT2D eigenvalue weighted by atomic mass is 32.1. The number of nitrogens with zero attached hydrogens (tertiary/aromatic N) is 1. The molecule has 2 amide bonds. The van der Waals surface area contributed by atoms with Gasteiger partial charge in [0.2, 0.25) is 11.8 Å². The normalized spacial score (nSPS) is 10.6. The summed E-state index contributed by atoms with van der Waals surface area (Å²) in [4.78, 5) is 27.2. The quantitative estimate of drug-likeness (QED) is 0.579. The predicted octanol–water partition coefficient (Wildman–Crippen LogP) is 3.76. The molecule has 1 aromatic carbocycles. The average Bonchev–Trinajstić information content (AvgIpc) is 3.02. The number of benzene rings is 1. The van der Waals surface area contributed by atoms with Gasteiger partial charge < -0.3 is 16.4 Å². The van der Waals surface area contributed by atoms with Gasteiger partial charge in [0, 0.05) is 30.0 Å². The van der Waals surface area contributed by atoms with Crippen LogP contribution in [-0.4, -0.2) is 23.3 Å². The summed E-state index contributed by atoms with van der Waals surface area (Å²) < 4.78 is 14.2. The first-order valence-electron chi connectivity index (χ1n) is 8.52. The second kappa shape index (κ2) is 9.98. The van der Waals surface area contributed by atoms with Crippen LogP contribution >= 0.6 is 11.3 Å². The molecule has 6 nitrogen and oxygen atoms in total. The molecule has 0 saturated carbocycles. The van der Waals surface area contributed by atoms with E-state index in [4.69, 9.17) is 5.73 Å². The molecule has 0 fully saturated rings. The Morgan fingerprint density at radius 1 is 1.19 bits per heavy atom. The number of nitrogens with one attached hydrogen (secondary N) is 2. The number of halogens is 1. The van der Waals surface area contributed by atoms with E-state index < -0.39 is 5.82 Å². The van der Waals surface area contributed by atoms with E-state index in [9.17, 15) is 14.0 Å². The molecule has 1 aromatic heterocycles. The van der Waals surface area contributed by atoms with Crippen LogP contribution in [0.5, 0.6) is 0 Å². The van der Waals surface area contributed by atoms with Gasteiger partial charge in [-0.05, 0) is 37.6 Å². The van der Waals surface area contributed by atoms with E-state index >= 15 is 0 Å². The predicted molar refractivity (Wildman–Crippen MR) is 103 cm³/mol. The van der Waals surface area contributed by atoms with E-state index in [-0.39, 0.29) is 11.8 Å². The zero-order chi connectivity index (χ0) is 18.9. The summed E-state index contributed by atoms with van der Waals surface area (Å²) in [6, 6.07) is 4.41. The standard InChI is InChI=1S/C18H23FN4O2S/c1-12(24)21-13-7-8-14(15(19)10-13)16-11-26-18(22-16)23-17(25)6-4-2-3-5-9-20/h7-8,10-11H,2-6,9,20H2,1H3,(H,21,24)(H,22,23,25). The Kier molecular flexibility index (Phi) is 7.68. The molecule has 1 heterocycles. The van der Waals surface area contributed by atoms with Crippen molar-refractivity contribution >= 4 is 34.0 Å². The topological polar surface area (TPSA) is 97.1 Å². The van der Waals surface area contributed by atoms with Crippen molar-refractivity contribution in [3.63, 3.8) is 0 Å². The van der Waals surface area contributed by atoms with Gasteiger partial charge in [-0.3, -0.25) is 9.59 Å². The summed E-state index contributed by atoms with van der Waals surface area (Å²) >= 11 is 1.25. The van der Waals surface area contributed by atoms with Gasteiger partial charge >= 0.3 is 0 Å². The molecule has 2 rings (SSSR count). The van der Waals surface area contributed by atoms with Crippen LogP contribution in [0.1, 0.15) is 39.0 Å². The zero-order valence-corrected chi connectivity index (χ0v) is 15.5. The van der Waals surface area contributed by atoms with E-state index in [1.165, 1.54) is 24.3 Å². The third-order valence-corrected chi connectivity index (χ3v) is 4.43. The Balaban J connectivity index is 1.92. The maximum atomic E-state index is 14.2. The van der Waals surface area contributed by atoms with Crippen LogP contribution in [0.25, 0.3) is 11.3 Å². The van der Waals surface area contributed by atoms with E-state index in [1.807, 2.05) is 0 Å².